The number of rotatable bonds is 7. The highest BCUT2D eigenvalue weighted by Crippen LogP contribution is 2.47. The highest BCUT2D eigenvalue weighted by Gasteiger charge is 2.21. The molecule has 3 heterocycles. The van der Waals surface area contributed by atoms with Crippen LogP contribution < -0.4 is 9.80 Å². The normalized spacial score (nSPS) is 11.7. The van der Waals surface area contributed by atoms with E-state index in [0.717, 1.165) is 39.7 Å². The maximum Gasteiger partial charge on any atom is 0.0488 e. The van der Waals surface area contributed by atoms with Crippen LogP contribution in [-0.2, 0) is 0 Å². The zero-order valence-electron chi connectivity index (χ0n) is 31.7. The largest absolute Gasteiger partial charge is 0.310 e. The quantitative estimate of drug-likeness (QED) is 0.158. The Balaban J connectivity index is 1.12. The molecule has 9 aromatic carbocycles. The van der Waals surface area contributed by atoms with Gasteiger partial charge in [-0.1, -0.05) is 103 Å². The molecule has 59 heavy (non-hydrogen) atoms. The standard InChI is InChI=1S/C54H34N2S3/c1-3-13-37(14-4-1)55(39-24-27-52-47(33-39)44-18-8-11-21-50(44)57-52)41-29-36(35-23-26-46-43-17-7-10-20-49(43)59-54(46)31-35)30-42(32-41)56(38-15-5-2-6-16-38)40-25-28-53-48(34-40)45-19-9-12-22-51(45)58-53/h1-34H. The molecule has 0 saturated carbocycles. The molecule has 0 fully saturated rings. The second kappa shape index (κ2) is 14.0. The van der Waals surface area contributed by atoms with Crippen molar-refractivity contribution in [2.24, 2.45) is 0 Å². The summed E-state index contributed by atoms with van der Waals surface area (Å²) in [5.74, 6) is 0. The van der Waals surface area contributed by atoms with Crippen LogP contribution in [-0.4, -0.2) is 0 Å². The summed E-state index contributed by atoms with van der Waals surface area (Å²) in [6, 6.07) is 75.9. The van der Waals surface area contributed by atoms with Crippen molar-refractivity contribution < 1.29 is 0 Å². The molecule has 12 rings (SSSR count). The lowest BCUT2D eigenvalue weighted by Gasteiger charge is -2.30. The molecule has 3 aromatic heterocycles. The van der Waals surface area contributed by atoms with Crippen molar-refractivity contribution in [3.63, 3.8) is 0 Å². The molecular weight excluding hydrogens is 773 g/mol. The van der Waals surface area contributed by atoms with Gasteiger partial charge in [0.2, 0.25) is 0 Å². The fraction of sp³-hybridized carbons (Fsp3) is 0. The van der Waals surface area contributed by atoms with Gasteiger partial charge in [0.25, 0.3) is 0 Å². The molecule has 0 unspecified atom stereocenters. The van der Waals surface area contributed by atoms with Crippen molar-refractivity contribution in [1.82, 2.24) is 0 Å². The van der Waals surface area contributed by atoms with Gasteiger partial charge in [-0.2, -0.15) is 0 Å². The average molecular weight is 807 g/mol. The van der Waals surface area contributed by atoms with Crippen LogP contribution in [0.5, 0.6) is 0 Å². The Hall–Kier alpha value is -6.76. The van der Waals surface area contributed by atoms with E-state index < -0.39 is 0 Å². The van der Waals surface area contributed by atoms with Crippen molar-refractivity contribution in [2.45, 2.75) is 0 Å². The zero-order chi connectivity index (χ0) is 38.9. The summed E-state index contributed by atoms with van der Waals surface area (Å²) in [7, 11) is 0. The molecule has 0 spiro atoms. The van der Waals surface area contributed by atoms with E-state index in [2.05, 4.69) is 216 Å². The van der Waals surface area contributed by atoms with Crippen molar-refractivity contribution in [3.8, 4) is 11.1 Å². The number of para-hydroxylation sites is 2. The van der Waals surface area contributed by atoms with E-state index in [1.54, 1.807) is 0 Å². The second-order valence-corrected chi connectivity index (χ2v) is 18.2. The van der Waals surface area contributed by atoms with E-state index in [0.29, 0.717) is 0 Å². The lowest BCUT2D eigenvalue weighted by molar-refractivity contribution is 1.25. The van der Waals surface area contributed by atoms with Crippen LogP contribution in [0.4, 0.5) is 34.1 Å². The summed E-state index contributed by atoms with van der Waals surface area (Å²) in [6.45, 7) is 0. The molecule has 0 N–H and O–H groups in total. The zero-order valence-corrected chi connectivity index (χ0v) is 34.2. The molecular formula is C54H34N2S3. The molecule has 0 radical (unpaired) electrons. The monoisotopic (exact) mass is 806 g/mol. The predicted molar refractivity (Wildman–Crippen MR) is 260 cm³/mol. The van der Waals surface area contributed by atoms with Gasteiger partial charge >= 0.3 is 0 Å². The molecule has 278 valence electrons. The van der Waals surface area contributed by atoms with Crippen molar-refractivity contribution in [3.05, 3.63) is 206 Å². The Morgan fingerprint density at radius 2 is 0.627 bits per heavy atom. The summed E-state index contributed by atoms with van der Waals surface area (Å²) >= 11 is 5.58. The SMILES string of the molecule is c1ccc(N(c2cc(-c3ccc4c(c3)sc3ccccc34)cc(N(c3ccccc3)c3ccc4sc5ccccc5c4c3)c2)c2ccc3sc4ccccc4c3c2)cc1. The van der Waals surface area contributed by atoms with Crippen LogP contribution in [0.3, 0.4) is 0 Å². The van der Waals surface area contributed by atoms with Crippen LogP contribution >= 0.6 is 34.0 Å². The predicted octanol–water partition coefficient (Wildman–Crippen LogP) is 17.4. The van der Waals surface area contributed by atoms with E-state index in [9.17, 15) is 0 Å². The number of anilines is 6. The Morgan fingerprint density at radius 1 is 0.220 bits per heavy atom. The third kappa shape index (κ3) is 5.89. The highest BCUT2D eigenvalue weighted by molar-refractivity contribution is 7.26. The van der Waals surface area contributed by atoms with Gasteiger partial charge in [0.15, 0.2) is 0 Å². The minimum atomic E-state index is 1.09. The maximum atomic E-state index is 2.43. The van der Waals surface area contributed by atoms with Gasteiger partial charge in [0.05, 0.1) is 0 Å². The van der Waals surface area contributed by atoms with E-state index in [1.165, 1.54) is 66.1 Å². The van der Waals surface area contributed by atoms with Crippen LogP contribution in [0, 0.1) is 0 Å². The molecule has 0 aliphatic heterocycles. The molecule has 0 aliphatic carbocycles. The first kappa shape index (κ1) is 34.3. The lowest BCUT2D eigenvalue weighted by atomic mass is 10.0. The Kier molecular flexibility index (Phi) is 8.12. The number of hydrogen-bond donors (Lipinski definition) is 0. The first-order valence-electron chi connectivity index (χ1n) is 19.8. The van der Waals surface area contributed by atoms with Gasteiger partial charge in [-0.15, -0.1) is 34.0 Å². The molecule has 0 saturated heterocycles. The molecule has 0 aliphatic rings. The van der Waals surface area contributed by atoms with E-state index in [4.69, 9.17) is 0 Å². The fourth-order valence-corrected chi connectivity index (χ4v) is 12.0. The van der Waals surface area contributed by atoms with Crippen LogP contribution in [0.15, 0.2) is 206 Å². The van der Waals surface area contributed by atoms with E-state index >= 15 is 0 Å². The van der Waals surface area contributed by atoms with Gasteiger partial charge in [-0.3, -0.25) is 0 Å². The number of fused-ring (bicyclic) bond motifs is 9. The molecule has 12 aromatic rings. The summed E-state index contributed by atoms with van der Waals surface area (Å²) < 4.78 is 7.80. The molecule has 2 nitrogen and oxygen atoms in total. The van der Waals surface area contributed by atoms with Gasteiger partial charge in [-0.05, 0) is 114 Å². The summed E-state index contributed by atoms with van der Waals surface area (Å²) in [5, 5.41) is 7.75. The van der Waals surface area contributed by atoms with Crippen LogP contribution in [0.1, 0.15) is 0 Å². The molecule has 0 bridgehead atoms. The summed E-state index contributed by atoms with van der Waals surface area (Å²) in [6.07, 6.45) is 0. The van der Waals surface area contributed by atoms with Crippen molar-refractivity contribution in [2.75, 3.05) is 9.80 Å². The second-order valence-electron chi connectivity index (χ2n) is 14.9. The molecule has 5 heteroatoms. The van der Waals surface area contributed by atoms with E-state index in [1.807, 2.05) is 34.0 Å². The molecule has 0 atom stereocenters. The number of nitrogens with zero attached hydrogens (tertiary/aromatic N) is 2. The smallest absolute Gasteiger partial charge is 0.0488 e. The lowest BCUT2D eigenvalue weighted by Crippen LogP contribution is -2.13. The third-order valence-corrected chi connectivity index (χ3v) is 14.8. The minimum Gasteiger partial charge on any atom is -0.310 e. The van der Waals surface area contributed by atoms with Crippen LogP contribution in [0.2, 0.25) is 0 Å². The van der Waals surface area contributed by atoms with Gasteiger partial charge in [0, 0.05) is 94.6 Å². The number of benzene rings is 9. The highest BCUT2D eigenvalue weighted by atomic mass is 32.1. The Labute approximate surface area is 353 Å². The Morgan fingerprint density at radius 3 is 1.14 bits per heavy atom. The Bertz CT molecular complexity index is 3350. The topological polar surface area (TPSA) is 6.48 Å². The van der Waals surface area contributed by atoms with E-state index in [-0.39, 0.29) is 0 Å². The minimum absolute atomic E-state index is 1.09. The fourth-order valence-electron chi connectivity index (χ4n) is 8.68. The van der Waals surface area contributed by atoms with Gasteiger partial charge in [0.1, 0.15) is 0 Å². The van der Waals surface area contributed by atoms with Gasteiger partial charge in [-0.25, -0.2) is 0 Å². The average Bonchev–Trinajstić information content (AvgIpc) is 3.98. The number of hydrogen-bond acceptors (Lipinski definition) is 5. The van der Waals surface area contributed by atoms with Crippen LogP contribution in [0.25, 0.3) is 71.6 Å². The van der Waals surface area contributed by atoms with Crippen molar-refractivity contribution >= 4 is 129 Å². The first-order valence-corrected chi connectivity index (χ1v) is 22.3. The first-order chi connectivity index (χ1) is 29.2. The van der Waals surface area contributed by atoms with Gasteiger partial charge < -0.3 is 9.80 Å². The number of thiophene rings is 3. The third-order valence-electron chi connectivity index (χ3n) is 11.4. The maximum absolute atomic E-state index is 2.43. The summed E-state index contributed by atoms with van der Waals surface area (Å²) in [5.41, 5.74) is 8.96. The summed E-state index contributed by atoms with van der Waals surface area (Å²) in [4.78, 5) is 4.85. The van der Waals surface area contributed by atoms with Crippen molar-refractivity contribution in [1.29, 1.82) is 0 Å². The molecule has 0 amide bonds.